The highest BCUT2D eigenvalue weighted by Gasteiger charge is 2.68. The van der Waals surface area contributed by atoms with E-state index in [9.17, 15) is 25.2 Å². The lowest BCUT2D eigenvalue weighted by atomic mass is 9.43. The molecule has 4 N–H and O–H groups in total. The Kier molecular flexibility index (Phi) is 5.33. The Morgan fingerprint density at radius 2 is 1.86 bits per heavy atom. The molecule has 6 nitrogen and oxygen atoms in total. The normalized spacial score (nSPS) is 52.8. The van der Waals surface area contributed by atoms with Gasteiger partial charge in [-0.05, 0) is 80.5 Å². The van der Waals surface area contributed by atoms with Crippen LogP contribution in [0.5, 0.6) is 0 Å². The molecule has 0 heterocycles. The molecule has 4 saturated carbocycles. The summed E-state index contributed by atoms with van der Waals surface area (Å²) in [5, 5.41) is 43.9. The highest BCUT2D eigenvalue weighted by molar-refractivity contribution is 5.65. The van der Waals surface area contributed by atoms with Crippen molar-refractivity contribution < 1.29 is 30.0 Å². The summed E-state index contributed by atoms with van der Waals surface area (Å²) in [4.78, 5) is 11.2. The standard InChI is InChI=1S/C23H38O6/c1-13(24)29-12-19(27)23(28)9-7-17-16-5-4-14-10-15(25)6-8-21(14,2)20(16)18(26)11-22(17,23)3/h14-20,25-28H,4-12H2,1-3H3/t14-,15+,16-,17+,18+,19-,20-,21-,22+,23-/m0/s1. The lowest BCUT2D eigenvalue weighted by Crippen LogP contribution is -2.64. The summed E-state index contributed by atoms with van der Waals surface area (Å²) in [6, 6.07) is 0. The van der Waals surface area contributed by atoms with Crippen molar-refractivity contribution in [3.63, 3.8) is 0 Å². The number of fused-ring (bicyclic) bond motifs is 5. The zero-order chi connectivity index (χ0) is 21.2. The van der Waals surface area contributed by atoms with Crippen LogP contribution in [0.1, 0.15) is 72.1 Å². The van der Waals surface area contributed by atoms with Crippen LogP contribution in [0.15, 0.2) is 0 Å². The Morgan fingerprint density at radius 3 is 2.55 bits per heavy atom. The molecular formula is C23H38O6. The predicted molar refractivity (Wildman–Crippen MR) is 107 cm³/mol. The van der Waals surface area contributed by atoms with Gasteiger partial charge in [-0.15, -0.1) is 0 Å². The zero-order valence-electron chi connectivity index (χ0n) is 18.0. The van der Waals surface area contributed by atoms with Gasteiger partial charge in [0.15, 0.2) is 0 Å². The van der Waals surface area contributed by atoms with Gasteiger partial charge in [-0.3, -0.25) is 4.79 Å². The molecule has 0 aromatic rings. The maximum absolute atomic E-state index is 11.6. The fourth-order valence-corrected chi connectivity index (χ4v) is 8.28. The number of aliphatic hydroxyl groups is 4. The highest BCUT2D eigenvalue weighted by Crippen LogP contribution is 2.68. The van der Waals surface area contributed by atoms with Crippen molar-refractivity contribution in [1.29, 1.82) is 0 Å². The van der Waals surface area contributed by atoms with E-state index in [4.69, 9.17) is 4.74 Å². The van der Waals surface area contributed by atoms with Gasteiger partial charge in [0, 0.05) is 12.3 Å². The predicted octanol–water partition coefficient (Wildman–Crippen LogP) is 2.02. The van der Waals surface area contributed by atoms with Crippen LogP contribution >= 0.6 is 0 Å². The summed E-state index contributed by atoms with van der Waals surface area (Å²) in [5.41, 5.74) is -1.94. The molecule has 0 aliphatic heterocycles. The van der Waals surface area contributed by atoms with Gasteiger partial charge in [0.2, 0.25) is 0 Å². The minimum atomic E-state index is -1.36. The fraction of sp³-hybridized carbons (Fsp3) is 0.957. The Labute approximate surface area is 173 Å². The molecule has 4 aliphatic rings. The molecule has 0 bridgehead atoms. The van der Waals surface area contributed by atoms with Gasteiger partial charge in [0.1, 0.15) is 12.7 Å². The number of rotatable bonds is 3. The van der Waals surface area contributed by atoms with E-state index in [0.717, 1.165) is 38.5 Å². The highest BCUT2D eigenvalue weighted by atomic mass is 16.5. The SMILES string of the molecule is CC(=O)OC[C@H](O)[C@@]1(O)CC[C@@H]2[C@@H]3CC[C@H]4C[C@H](O)CC[C@]4(C)[C@@H]3[C@H](O)C[C@]21C. The lowest BCUT2D eigenvalue weighted by Gasteiger charge is -2.63. The molecular weight excluding hydrogens is 372 g/mol. The minimum absolute atomic E-state index is 0.0277. The number of esters is 1. The van der Waals surface area contributed by atoms with E-state index in [1.807, 2.05) is 6.92 Å². The molecule has 4 aliphatic carbocycles. The molecule has 4 rings (SSSR count). The van der Waals surface area contributed by atoms with Gasteiger partial charge in [0.25, 0.3) is 0 Å². The third kappa shape index (κ3) is 3.08. The first-order valence-corrected chi connectivity index (χ1v) is 11.4. The van der Waals surface area contributed by atoms with Gasteiger partial charge in [-0.2, -0.15) is 0 Å². The summed E-state index contributed by atoms with van der Waals surface area (Å²) in [7, 11) is 0. The largest absolute Gasteiger partial charge is 0.463 e. The third-order valence-corrected chi connectivity index (χ3v) is 9.78. The van der Waals surface area contributed by atoms with Gasteiger partial charge in [0.05, 0.1) is 17.8 Å². The van der Waals surface area contributed by atoms with Gasteiger partial charge in [-0.25, -0.2) is 0 Å². The smallest absolute Gasteiger partial charge is 0.302 e. The topological polar surface area (TPSA) is 107 Å². The van der Waals surface area contributed by atoms with Crippen molar-refractivity contribution in [2.24, 2.45) is 34.5 Å². The first-order chi connectivity index (χ1) is 13.5. The van der Waals surface area contributed by atoms with E-state index in [-0.39, 0.29) is 30.0 Å². The van der Waals surface area contributed by atoms with Gasteiger partial charge in [-0.1, -0.05) is 13.8 Å². The van der Waals surface area contributed by atoms with E-state index in [1.165, 1.54) is 6.92 Å². The Morgan fingerprint density at radius 1 is 1.14 bits per heavy atom. The monoisotopic (exact) mass is 410 g/mol. The first-order valence-electron chi connectivity index (χ1n) is 11.4. The molecule has 0 unspecified atom stereocenters. The summed E-state index contributed by atoms with van der Waals surface area (Å²) in [6.45, 7) is 5.41. The summed E-state index contributed by atoms with van der Waals surface area (Å²) in [5.74, 6) is 0.704. The molecule has 4 fully saturated rings. The third-order valence-electron chi connectivity index (χ3n) is 9.78. The number of ether oxygens (including phenoxy) is 1. The van der Waals surface area contributed by atoms with Crippen molar-refractivity contribution in [3.8, 4) is 0 Å². The molecule has 0 spiro atoms. The fourth-order valence-electron chi connectivity index (χ4n) is 8.28. The van der Waals surface area contributed by atoms with Crippen LogP contribution in [-0.2, 0) is 9.53 Å². The van der Waals surface area contributed by atoms with E-state index < -0.39 is 29.2 Å². The molecule has 29 heavy (non-hydrogen) atoms. The maximum Gasteiger partial charge on any atom is 0.302 e. The van der Waals surface area contributed by atoms with Crippen LogP contribution < -0.4 is 0 Å². The lowest BCUT2D eigenvalue weighted by molar-refractivity contribution is -0.225. The van der Waals surface area contributed by atoms with E-state index >= 15 is 0 Å². The number of aliphatic hydroxyl groups excluding tert-OH is 3. The molecule has 6 heteroatoms. The minimum Gasteiger partial charge on any atom is -0.463 e. The average Bonchev–Trinajstić information content (AvgIpc) is 2.91. The van der Waals surface area contributed by atoms with Gasteiger partial charge >= 0.3 is 5.97 Å². The molecule has 10 atom stereocenters. The maximum atomic E-state index is 11.6. The Balaban J connectivity index is 1.61. The van der Waals surface area contributed by atoms with Crippen molar-refractivity contribution in [3.05, 3.63) is 0 Å². The van der Waals surface area contributed by atoms with Gasteiger partial charge < -0.3 is 25.2 Å². The van der Waals surface area contributed by atoms with E-state index in [2.05, 4.69) is 6.92 Å². The Hall–Kier alpha value is -0.690. The quantitative estimate of drug-likeness (QED) is 0.530. The number of hydrogen-bond donors (Lipinski definition) is 4. The van der Waals surface area contributed by atoms with Crippen LogP contribution in [-0.4, -0.2) is 56.9 Å². The van der Waals surface area contributed by atoms with Crippen molar-refractivity contribution >= 4 is 5.97 Å². The number of carbonyl (C=O) groups excluding carboxylic acids is 1. The second-order valence-corrected chi connectivity index (χ2v) is 11.0. The first kappa shape index (κ1) is 21.5. The molecule has 0 aromatic carbocycles. The number of carbonyl (C=O) groups is 1. The summed E-state index contributed by atoms with van der Waals surface area (Å²) in [6.07, 6.45) is 4.48. The van der Waals surface area contributed by atoms with E-state index in [1.54, 1.807) is 0 Å². The second kappa shape index (κ2) is 7.18. The van der Waals surface area contributed by atoms with Crippen LogP contribution in [0, 0.1) is 34.5 Å². The number of hydrogen-bond acceptors (Lipinski definition) is 6. The van der Waals surface area contributed by atoms with Crippen LogP contribution in [0.3, 0.4) is 0 Å². The van der Waals surface area contributed by atoms with Crippen LogP contribution in [0.2, 0.25) is 0 Å². The molecule has 166 valence electrons. The molecule has 0 amide bonds. The van der Waals surface area contributed by atoms with Crippen LogP contribution in [0.4, 0.5) is 0 Å². The second-order valence-electron chi connectivity index (χ2n) is 11.0. The molecule has 0 aromatic heterocycles. The zero-order valence-corrected chi connectivity index (χ0v) is 18.0. The average molecular weight is 411 g/mol. The molecule has 0 saturated heterocycles. The molecule has 0 radical (unpaired) electrons. The van der Waals surface area contributed by atoms with Crippen molar-refractivity contribution in [1.82, 2.24) is 0 Å². The summed E-state index contributed by atoms with van der Waals surface area (Å²) < 4.78 is 5.00. The van der Waals surface area contributed by atoms with Crippen LogP contribution in [0.25, 0.3) is 0 Å². The Bertz CT molecular complexity index is 653. The van der Waals surface area contributed by atoms with Crippen molar-refractivity contribution in [2.45, 2.75) is 96.1 Å². The van der Waals surface area contributed by atoms with Crippen molar-refractivity contribution in [2.75, 3.05) is 6.61 Å². The summed E-state index contributed by atoms with van der Waals surface area (Å²) >= 11 is 0. The van der Waals surface area contributed by atoms with E-state index in [0.29, 0.717) is 24.7 Å².